The summed E-state index contributed by atoms with van der Waals surface area (Å²) in [5.41, 5.74) is 3.94. The average Bonchev–Trinajstić information content (AvgIpc) is 3.05. The van der Waals surface area contributed by atoms with Crippen molar-refractivity contribution in [2.75, 3.05) is 30.8 Å². The van der Waals surface area contributed by atoms with E-state index in [0.29, 0.717) is 5.92 Å². The Balaban J connectivity index is 1.53. The minimum absolute atomic E-state index is 0.0838. The maximum Gasteiger partial charge on any atom is 0.221 e. The van der Waals surface area contributed by atoms with Crippen molar-refractivity contribution in [3.8, 4) is 0 Å². The first kappa shape index (κ1) is 17.5. The van der Waals surface area contributed by atoms with Crippen LogP contribution in [0.15, 0.2) is 42.6 Å². The van der Waals surface area contributed by atoms with E-state index in [-0.39, 0.29) is 5.91 Å². The molecule has 0 bridgehead atoms. The Kier molecular flexibility index (Phi) is 4.81. The van der Waals surface area contributed by atoms with Gasteiger partial charge in [0.1, 0.15) is 11.5 Å². The molecule has 3 N–H and O–H groups in total. The van der Waals surface area contributed by atoms with Gasteiger partial charge in [-0.25, -0.2) is 4.98 Å². The first-order chi connectivity index (χ1) is 13.1. The number of aromatic amines is 1. The molecule has 1 aliphatic rings. The lowest BCUT2D eigenvalue weighted by atomic mass is 9.90. The van der Waals surface area contributed by atoms with Gasteiger partial charge in [-0.3, -0.25) is 4.79 Å². The second-order valence-corrected chi connectivity index (χ2v) is 7.30. The van der Waals surface area contributed by atoms with Gasteiger partial charge in [-0.05, 0) is 74.8 Å². The number of piperidine rings is 1. The van der Waals surface area contributed by atoms with Crippen LogP contribution in [0, 0.1) is 0 Å². The Labute approximate surface area is 159 Å². The number of fused-ring (bicyclic) bond motifs is 1. The number of nitrogens with zero attached hydrogens (tertiary/aromatic N) is 2. The van der Waals surface area contributed by atoms with Crippen LogP contribution in [0.2, 0.25) is 0 Å². The molecule has 1 aromatic carbocycles. The van der Waals surface area contributed by atoms with E-state index in [2.05, 4.69) is 39.8 Å². The molecular weight excluding hydrogens is 338 g/mol. The van der Waals surface area contributed by atoms with Crippen molar-refractivity contribution in [1.29, 1.82) is 0 Å². The largest absolute Gasteiger partial charge is 0.346 e. The quantitative estimate of drug-likeness (QED) is 0.653. The summed E-state index contributed by atoms with van der Waals surface area (Å²) in [7, 11) is 2.19. The standard InChI is InChI=1S/C21H25N5O/c1-14(27)23-16-4-3-5-17(12-16)24-20-7-6-18-19(13-22-21(18)25-20)15-8-10-26(2)11-9-15/h3-7,12-13,15H,8-11H2,1-2H3,(H,23,27)(H2,22,24,25). The Morgan fingerprint density at radius 2 is 1.96 bits per heavy atom. The number of nitrogens with one attached hydrogen (secondary N) is 3. The van der Waals surface area contributed by atoms with E-state index in [1.807, 2.05) is 30.3 Å². The van der Waals surface area contributed by atoms with Gasteiger partial charge in [0.2, 0.25) is 5.91 Å². The number of hydrogen-bond acceptors (Lipinski definition) is 4. The number of rotatable bonds is 4. The van der Waals surface area contributed by atoms with Crippen molar-refractivity contribution in [3.05, 3.63) is 48.2 Å². The third kappa shape index (κ3) is 3.95. The van der Waals surface area contributed by atoms with E-state index in [9.17, 15) is 4.79 Å². The number of anilines is 3. The molecule has 140 valence electrons. The monoisotopic (exact) mass is 363 g/mol. The fourth-order valence-electron chi connectivity index (χ4n) is 3.78. The molecule has 0 unspecified atom stereocenters. The van der Waals surface area contributed by atoms with Gasteiger partial charge in [-0.15, -0.1) is 0 Å². The van der Waals surface area contributed by atoms with Crippen LogP contribution in [0.3, 0.4) is 0 Å². The van der Waals surface area contributed by atoms with Crippen molar-refractivity contribution in [2.45, 2.75) is 25.7 Å². The van der Waals surface area contributed by atoms with Gasteiger partial charge in [0.25, 0.3) is 0 Å². The van der Waals surface area contributed by atoms with Crippen molar-refractivity contribution in [2.24, 2.45) is 0 Å². The smallest absolute Gasteiger partial charge is 0.221 e. The lowest BCUT2D eigenvalue weighted by Gasteiger charge is -2.28. The van der Waals surface area contributed by atoms with Gasteiger partial charge in [0, 0.05) is 29.9 Å². The maximum atomic E-state index is 11.2. The minimum atomic E-state index is -0.0838. The number of pyridine rings is 1. The number of hydrogen-bond donors (Lipinski definition) is 3. The highest BCUT2D eigenvalue weighted by molar-refractivity contribution is 5.89. The number of carbonyl (C=O) groups excluding carboxylic acids is 1. The molecule has 1 amide bonds. The normalized spacial score (nSPS) is 15.8. The molecule has 3 heterocycles. The highest BCUT2D eigenvalue weighted by Crippen LogP contribution is 2.33. The summed E-state index contributed by atoms with van der Waals surface area (Å²) >= 11 is 0. The van der Waals surface area contributed by atoms with Gasteiger partial charge in [-0.1, -0.05) is 6.07 Å². The van der Waals surface area contributed by atoms with Crippen LogP contribution in [0.25, 0.3) is 11.0 Å². The molecule has 6 heteroatoms. The summed E-state index contributed by atoms with van der Waals surface area (Å²) in [5.74, 6) is 1.30. The molecule has 1 aliphatic heterocycles. The average molecular weight is 363 g/mol. The molecule has 1 saturated heterocycles. The third-order valence-electron chi connectivity index (χ3n) is 5.18. The number of likely N-dealkylation sites (tertiary alicyclic amines) is 1. The van der Waals surface area contributed by atoms with E-state index in [4.69, 9.17) is 4.98 Å². The van der Waals surface area contributed by atoms with Crippen LogP contribution in [0.5, 0.6) is 0 Å². The highest BCUT2D eigenvalue weighted by Gasteiger charge is 2.21. The predicted molar refractivity (Wildman–Crippen MR) is 110 cm³/mol. The summed E-state index contributed by atoms with van der Waals surface area (Å²) < 4.78 is 0. The fraction of sp³-hybridized carbons (Fsp3) is 0.333. The van der Waals surface area contributed by atoms with Crippen LogP contribution in [-0.4, -0.2) is 40.9 Å². The van der Waals surface area contributed by atoms with Gasteiger partial charge in [0.05, 0.1) is 0 Å². The number of amides is 1. The molecule has 3 aromatic rings. The van der Waals surface area contributed by atoms with E-state index in [1.165, 1.54) is 30.7 Å². The molecule has 2 aromatic heterocycles. The van der Waals surface area contributed by atoms with Crippen LogP contribution < -0.4 is 10.6 Å². The van der Waals surface area contributed by atoms with Gasteiger partial charge in [-0.2, -0.15) is 0 Å². The third-order valence-corrected chi connectivity index (χ3v) is 5.18. The zero-order valence-corrected chi connectivity index (χ0v) is 15.7. The molecule has 1 fully saturated rings. The fourth-order valence-corrected chi connectivity index (χ4v) is 3.78. The molecular formula is C21H25N5O. The first-order valence-corrected chi connectivity index (χ1v) is 9.40. The summed E-state index contributed by atoms with van der Waals surface area (Å²) in [4.78, 5) is 21.7. The lowest BCUT2D eigenvalue weighted by molar-refractivity contribution is -0.114. The van der Waals surface area contributed by atoms with Gasteiger partial charge >= 0.3 is 0 Å². The Hall–Kier alpha value is -2.86. The first-order valence-electron chi connectivity index (χ1n) is 9.40. The van der Waals surface area contributed by atoms with Crippen molar-refractivity contribution >= 4 is 34.1 Å². The molecule has 0 atom stereocenters. The van der Waals surface area contributed by atoms with Crippen LogP contribution in [0.4, 0.5) is 17.2 Å². The van der Waals surface area contributed by atoms with Gasteiger partial charge in [0.15, 0.2) is 0 Å². The van der Waals surface area contributed by atoms with E-state index in [0.717, 1.165) is 35.9 Å². The molecule has 6 nitrogen and oxygen atoms in total. The molecule has 0 spiro atoms. The van der Waals surface area contributed by atoms with E-state index in [1.54, 1.807) is 0 Å². The summed E-state index contributed by atoms with van der Waals surface area (Å²) in [6.45, 7) is 3.80. The second-order valence-electron chi connectivity index (χ2n) is 7.30. The Bertz CT molecular complexity index is 956. The lowest BCUT2D eigenvalue weighted by Crippen LogP contribution is -2.29. The van der Waals surface area contributed by atoms with Crippen molar-refractivity contribution < 1.29 is 4.79 Å². The second kappa shape index (κ2) is 7.40. The SMILES string of the molecule is CC(=O)Nc1cccc(Nc2ccc3c(C4CCN(C)CC4)c[nH]c3n2)c1. The number of H-pyrrole nitrogens is 1. The Morgan fingerprint density at radius 1 is 1.19 bits per heavy atom. The van der Waals surface area contributed by atoms with Crippen molar-refractivity contribution in [3.63, 3.8) is 0 Å². The zero-order chi connectivity index (χ0) is 18.8. The van der Waals surface area contributed by atoms with Crippen molar-refractivity contribution in [1.82, 2.24) is 14.9 Å². The van der Waals surface area contributed by atoms with E-state index < -0.39 is 0 Å². The van der Waals surface area contributed by atoms with Gasteiger partial charge < -0.3 is 20.5 Å². The van der Waals surface area contributed by atoms with Crippen LogP contribution in [0.1, 0.15) is 31.2 Å². The van der Waals surface area contributed by atoms with Crippen LogP contribution in [-0.2, 0) is 4.79 Å². The Morgan fingerprint density at radius 3 is 2.74 bits per heavy atom. The molecule has 4 rings (SSSR count). The van der Waals surface area contributed by atoms with E-state index >= 15 is 0 Å². The summed E-state index contributed by atoms with van der Waals surface area (Å²) in [6.07, 6.45) is 4.51. The topological polar surface area (TPSA) is 73.1 Å². The maximum absolute atomic E-state index is 11.2. The summed E-state index contributed by atoms with van der Waals surface area (Å²) in [5, 5.41) is 7.32. The minimum Gasteiger partial charge on any atom is -0.346 e. The number of aromatic nitrogens is 2. The number of carbonyl (C=O) groups is 1. The molecule has 0 radical (unpaired) electrons. The summed E-state index contributed by atoms with van der Waals surface area (Å²) in [6, 6.07) is 11.8. The molecule has 0 saturated carbocycles. The van der Waals surface area contributed by atoms with Crippen LogP contribution >= 0.6 is 0 Å². The molecule has 0 aliphatic carbocycles. The highest BCUT2D eigenvalue weighted by atomic mass is 16.1. The number of benzene rings is 1. The zero-order valence-electron chi connectivity index (χ0n) is 15.7. The molecule has 27 heavy (non-hydrogen) atoms. The predicted octanol–water partition coefficient (Wildman–Crippen LogP) is 4.07.